The number of aromatic nitrogens is 1. The van der Waals surface area contributed by atoms with E-state index >= 15 is 0 Å². The highest BCUT2D eigenvalue weighted by Gasteiger charge is 2.41. The summed E-state index contributed by atoms with van der Waals surface area (Å²) in [7, 11) is 0. The van der Waals surface area contributed by atoms with Gasteiger partial charge in [0.25, 0.3) is 0 Å². The van der Waals surface area contributed by atoms with Crippen LogP contribution in [0.5, 0.6) is 0 Å². The summed E-state index contributed by atoms with van der Waals surface area (Å²) in [5.74, 6) is 0.723. The summed E-state index contributed by atoms with van der Waals surface area (Å²) < 4.78 is 2.58. The fourth-order valence-corrected chi connectivity index (χ4v) is 10.4. The van der Waals surface area contributed by atoms with Crippen molar-refractivity contribution in [1.82, 2.24) is 9.47 Å². The molecule has 0 fully saturated rings. The molecule has 4 atom stereocenters. The van der Waals surface area contributed by atoms with Crippen molar-refractivity contribution >= 4 is 33.8 Å². The summed E-state index contributed by atoms with van der Waals surface area (Å²) in [6.45, 7) is 0. The van der Waals surface area contributed by atoms with E-state index in [1.165, 1.54) is 72.4 Å². The van der Waals surface area contributed by atoms with Crippen LogP contribution in [0.1, 0.15) is 66.0 Å². The SMILES string of the molecule is C1=CCC(N2C3=C(C=C(c4cccc(-c5ccc6c(c5)c5c(n6C6=CC(c7ccccc7)=CC(c7ccccc7)C6)C=CCC5)c4)CC3)C3C=CC=CC32)C=C1. The number of benzene rings is 4. The van der Waals surface area contributed by atoms with E-state index in [9.17, 15) is 0 Å². The van der Waals surface area contributed by atoms with Gasteiger partial charge in [0.1, 0.15) is 0 Å². The van der Waals surface area contributed by atoms with E-state index in [1.807, 2.05) is 0 Å². The molecular formula is C54H46N2. The molecule has 0 N–H and O–H groups in total. The minimum absolute atomic E-state index is 0.306. The minimum Gasteiger partial charge on any atom is -0.360 e. The molecule has 5 aliphatic carbocycles. The molecule has 0 amide bonds. The van der Waals surface area contributed by atoms with Crippen LogP contribution in [0.25, 0.3) is 44.9 Å². The van der Waals surface area contributed by atoms with Crippen LogP contribution in [-0.4, -0.2) is 21.6 Å². The van der Waals surface area contributed by atoms with Crippen LogP contribution in [0.15, 0.2) is 187 Å². The fourth-order valence-electron chi connectivity index (χ4n) is 10.4. The molecule has 56 heavy (non-hydrogen) atoms. The van der Waals surface area contributed by atoms with E-state index in [2.05, 4.69) is 192 Å². The first-order chi connectivity index (χ1) is 27.8. The van der Waals surface area contributed by atoms with Crippen LogP contribution in [0, 0.1) is 5.92 Å². The van der Waals surface area contributed by atoms with Crippen molar-refractivity contribution in [2.45, 2.75) is 56.5 Å². The Morgan fingerprint density at radius 1 is 0.625 bits per heavy atom. The van der Waals surface area contributed by atoms with E-state index < -0.39 is 0 Å². The second-order valence-corrected chi connectivity index (χ2v) is 16.2. The van der Waals surface area contributed by atoms with Crippen molar-refractivity contribution in [3.05, 3.63) is 215 Å². The van der Waals surface area contributed by atoms with Crippen molar-refractivity contribution in [3.63, 3.8) is 0 Å². The fraction of sp³-hybridized carbons (Fsp3) is 0.185. The Balaban J connectivity index is 0.966. The molecule has 2 nitrogen and oxygen atoms in total. The van der Waals surface area contributed by atoms with Gasteiger partial charge in [-0.15, -0.1) is 0 Å². The van der Waals surface area contributed by atoms with Crippen LogP contribution in [0.4, 0.5) is 0 Å². The zero-order chi connectivity index (χ0) is 37.0. The Bertz CT molecular complexity index is 2650. The molecule has 1 aliphatic heterocycles. The maximum Gasteiger partial charge on any atom is 0.0583 e. The lowest BCUT2D eigenvalue weighted by Crippen LogP contribution is -2.40. The summed E-state index contributed by atoms with van der Waals surface area (Å²) in [5, 5.41) is 1.38. The average Bonchev–Trinajstić information content (AvgIpc) is 3.79. The molecule has 5 aromatic rings. The lowest BCUT2D eigenvalue weighted by atomic mass is 9.84. The maximum absolute atomic E-state index is 2.73. The van der Waals surface area contributed by atoms with Gasteiger partial charge in [-0.05, 0) is 119 Å². The van der Waals surface area contributed by atoms with Gasteiger partial charge in [0.05, 0.1) is 17.6 Å². The van der Waals surface area contributed by atoms with Crippen molar-refractivity contribution < 1.29 is 0 Å². The van der Waals surface area contributed by atoms with Gasteiger partial charge in [-0.1, -0.05) is 152 Å². The zero-order valence-corrected chi connectivity index (χ0v) is 31.8. The number of hydrogen-bond acceptors (Lipinski definition) is 1. The van der Waals surface area contributed by atoms with E-state index in [0.29, 0.717) is 23.9 Å². The first-order valence-corrected chi connectivity index (χ1v) is 20.6. The summed E-state index contributed by atoms with van der Waals surface area (Å²) >= 11 is 0. The van der Waals surface area contributed by atoms with Crippen LogP contribution in [-0.2, 0) is 6.42 Å². The average molecular weight is 723 g/mol. The summed E-state index contributed by atoms with van der Waals surface area (Å²) in [6.07, 6.45) is 37.0. The Kier molecular flexibility index (Phi) is 8.23. The molecule has 1 aromatic heterocycles. The second kappa shape index (κ2) is 13.9. The number of hydrogen-bond donors (Lipinski definition) is 0. The van der Waals surface area contributed by atoms with Crippen molar-refractivity contribution in [2.75, 3.05) is 0 Å². The quantitative estimate of drug-likeness (QED) is 0.169. The van der Waals surface area contributed by atoms with Crippen molar-refractivity contribution in [2.24, 2.45) is 5.92 Å². The zero-order valence-electron chi connectivity index (χ0n) is 31.8. The Hall–Kier alpha value is -6.12. The lowest BCUT2D eigenvalue weighted by Gasteiger charge is -2.37. The van der Waals surface area contributed by atoms with E-state index in [1.54, 1.807) is 5.70 Å². The van der Waals surface area contributed by atoms with Gasteiger partial charge >= 0.3 is 0 Å². The predicted molar refractivity (Wildman–Crippen MR) is 236 cm³/mol. The molecule has 2 heterocycles. The summed E-state index contributed by atoms with van der Waals surface area (Å²) in [6, 6.07) is 39.3. The third kappa shape index (κ3) is 5.70. The van der Waals surface area contributed by atoms with Crippen LogP contribution in [0.2, 0.25) is 0 Å². The van der Waals surface area contributed by atoms with Gasteiger partial charge in [-0.2, -0.15) is 0 Å². The highest BCUT2D eigenvalue weighted by atomic mass is 15.2. The lowest BCUT2D eigenvalue weighted by molar-refractivity contribution is 0.244. The molecule has 272 valence electrons. The van der Waals surface area contributed by atoms with Gasteiger partial charge in [0, 0.05) is 34.3 Å². The smallest absolute Gasteiger partial charge is 0.0583 e. The van der Waals surface area contributed by atoms with Crippen LogP contribution >= 0.6 is 0 Å². The number of fused-ring (bicyclic) bond motifs is 5. The van der Waals surface area contributed by atoms with Crippen LogP contribution in [0.3, 0.4) is 0 Å². The second-order valence-electron chi connectivity index (χ2n) is 16.2. The molecule has 2 heteroatoms. The van der Waals surface area contributed by atoms with E-state index in [0.717, 1.165) is 38.5 Å². The minimum atomic E-state index is 0.306. The third-order valence-electron chi connectivity index (χ3n) is 13.0. The molecule has 0 spiro atoms. The number of allylic oxidation sites excluding steroid dienone is 12. The van der Waals surface area contributed by atoms with Crippen molar-refractivity contribution in [1.29, 1.82) is 0 Å². The standard InChI is InChI=1S/C54H46N2/c1-4-15-37(16-5-1)43-32-44(38-17-6-2-7-18-38)34-46(33-43)56-52-26-13-11-24-48(52)50-36-42(28-30-54(50)56)40-20-14-19-39(31-40)41-27-29-53-49(35-41)47-23-10-12-25-51(47)55(53)45-21-8-3-9-22-45/h1-10,12-21,23,25-26,28,30-33,35-36,44-45,47,51H,11,22,24,27,29,34H2. The molecule has 11 rings (SSSR count). The largest absolute Gasteiger partial charge is 0.360 e. The van der Waals surface area contributed by atoms with Gasteiger partial charge in [-0.3, -0.25) is 0 Å². The molecule has 0 saturated heterocycles. The first kappa shape index (κ1) is 33.2. The number of aryl methyl sites for hydroxylation is 1. The topological polar surface area (TPSA) is 8.17 Å². The molecule has 0 radical (unpaired) electrons. The summed E-state index contributed by atoms with van der Waals surface area (Å²) in [5.41, 5.74) is 17.9. The molecule has 0 bridgehead atoms. The molecule has 0 saturated carbocycles. The van der Waals surface area contributed by atoms with Gasteiger partial charge in [0.2, 0.25) is 0 Å². The Morgan fingerprint density at radius 2 is 1.43 bits per heavy atom. The van der Waals surface area contributed by atoms with E-state index in [-0.39, 0.29) is 0 Å². The number of nitrogens with zero attached hydrogens (tertiary/aromatic N) is 2. The molecule has 6 aliphatic rings. The highest BCUT2D eigenvalue weighted by Crippen LogP contribution is 2.48. The van der Waals surface area contributed by atoms with Gasteiger partial charge in [-0.25, -0.2) is 0 Å². The normalized spacial score (nSPS) is 23.5. The Morgan fingerprint density at radius 3 is 2.30 bits per heavy atom. The van der Waals surface area contributed by atoms with Crippen molar-refractivity contribution in [3.8, 4) is 11.1 Å². The predicted octanol–water partition coefficient (Wildman–Crippen LogP) is 13.1. The molecular weight excluding hydrogens is 677 g/mol. The summed E-state index contributed by atoms with van der Waals surface area (Å²) in [4.78, 5) is 2.73. The maximum atomic E-state index is 2.73. The van der Waals surface area contributed by atoms with Gasteiger partial charge in [0.15, 0.2) is 0 Å². The first-order valence-electron chi connectivity index (χ1n) is 20.6. The number of rotatable bonds is 6. The van der Waals surface area contributed by atoms with E-state index in [4.69, 9.17) is 0 Å². The van der Waals surface area contributed by atoms with Gasteiger partial charge < -0.3 is 9.47 Å². The molecule has 4 unspecified atom stereocenters. The Labute approximate surface area is 330 Å². The monoisotopic (exact) mass is 722 g/mol. The van der Waals surface area contributed by atoms with Crippen LogP contribution < -0.4 is 0 Å². The third-order valence-corrected chi connectivity index (χ3v) is 13.0. The highest BCUT2D eigenvalue weighted by molar-refractivity contribution is 5.96. The molecule has 4 aromatic carbocycles.